The van der Waals surface area contributed by atoms with Crippen molar-refractivity contribution in [3.05, 3.63) is 85.5 Å². The van der Waals surface area contributed by atoms with Crippen LogP contribution in [0.3, 0.4) is 0 Å². The molecule has 1 aromatic heterocycles. The number of nitrogens with one attached hydrogen (secondary N) is 1. The minimum atomic E-state index is -3.84. The Morgan fingerprint density at radius 3 is 2.33 bits per heavy atom. The summed E-state index contributed by atoms with van der Waals surface area (Å²) in [6.45, 7) is 0.0641. The number of sulfonamides is 1. The van der Waals surface area contributed by atoms with Gasteiger partial charge in [0, 0.05) is 21.1 Å². The molecule has 0 saturated heterocycles. The van der Waals surface area contributed by atoms with Crippen molar-refractivity contribution in [3.8, 4) is 0 Å². The quantitative estimate of drug-likeness (QED) is 0.533. The number of carbonyl (C=O) groups excluding carboxylic acids is 1. The molecule has 0 radical (unpaired) electrons. The Bertz CT molecular complexity index is 1430. The minimum absolute atomic E-state index is 0.0165. The Hall–Kier alpha value is -3.41. The van der Waals surface area contributed by atoms with Gasteiger partial charge in [0.05, 0.1) is 22.0 Å². The molecule has 0 aliphatic heterocycles. The monoisotopic (exact) mass is 491 g/mol. The van der Waals surface area contributed by atoms with Gasteiger partial charge in [-0.2, -0.15) is 0 Å². The molecule has 0 spiro atoms. The molecule has 12 heteroatoms. The Labute approximate surface area is 194 Å². The summed E-state index contributed by atoms with van der Waals surface area (Å²) >= 11 is 6.17. The van der Waals surface area contributed by atoms with Gasteiger partial charge in [-0.3, -0.25) is 19.1 Å². The smallest absolute Gasteiger partial charge is 0.330 e. The SMILES string of the molecule is CN(C(=O)c1cc(S(=O)(=O)N(C)C)ccc1Cl)c1c(N)n(Cc2ccccc2)c(=O)[nH]c1=O. The van der Waals surface area contributed by atoms with Crippen LogP contribution in [0.4, 0.5) is 11.5 Å². The second-order valence-electron chi connectivity index (χ2n) is 7.36. The topological polar surface area (TPSA) is 139 Å². The van der Waals surface area contributed by atoms with E-state index in [-0.39, 0.29) is 33.5 Å². The van der Waals surface area contributed by atoms with E-state index in [0.29, 0.717) is 0 Å². The molecule has 3 N–H and O–H groups in total. The molecule has 1 heterocycles. The molecule has 3 rings (SSSR count). The maximum absolute atomic E-state index is 13.2. The van der Waals surface area contributed by atoms with Gasteiger partial charge in [0.1, 0.15) is 5.82 Å². The Morgan fingerprint density at radius 1 is 1.09 bits per heavy atom. The number of nitrogens with zero attached hydrogens (tertiary/aromatic N) is 3. The lowest BCUT2D eigenvalue weighted by Gasteiger charge is -2.21. The summed E-state index contributed by atoms with van der Waals surface area (Å²) < 4.78 is 27.1. The summed E-state index contributed by atoms with van der Waals surface area (Å²) in [5.74, 6) is -1.01. The standard InChI is InChI=1S/C21H22ClN5O5S/c1-25(2)33(31,32)14-9-10-16(22)15(11-14)20(29)26(3)17-18(23)27(21(30)24-19(17)28)12-13-7-5-4-6-8-13/h4-11H,12,23H2,1-3H3,(H,24,28,30). The van der Waals surface area contributed by atoms with E-state index in [1.165, 1.54) is 33.3 Å². The molecule has 10 nitrogen and oxygen atoms in total. The third-order valence-corrected chi connectivity index (χ3v) is 7.13. The highest BCUT2D eigenvalue weighted by molar-refractivity contribution is 7.89. The molecular formula is C21H22ClN5O5S. The minimum Gasteiger partial charge on any atom is -0.383 e. The summed E-state index contributed by atoms with van der Waals surface area (Å²) in [5, 5.41) is -0.0165. The molecule has 0 atom stereocenters. The van der Waals surface area contributed by atoms with Gasteiger partial charge >= 0.3 is 5.69 Å². The van der Waals surface area contributed by atoms with Crippen LogP contribution in [0.2, 0.25) is 5.02 Å². The van der Waals surface area contributed by atoms with Gasteiger partial charge in [-0.15, -0.1) is 0 Å². The van der Waals surface area contributed by atoms with Gasteiger partial charge in [0.15, 0.2) is 5.69 Å². The molecule has 0 bridgehead atoms. The maximum Gasteiger partial charge on any atom is 0.330 e. The number of hydrogen-bond donors (Lipinski definition) is 2. The van der Waals surface area contributed by atoms with E-state index in [9.17, 15) is 22.8 Å². The molecule has 3 aromatic rings. The molecule has 174 valence electrons. The van der Waals surface area contributed by atoms with E-state index in [1.54, 1.807) is 24.3 Å². The first-order valence-corrected chi connectivity index (χ1v) is 11.4. The fourth-order valence-electron chi connectivity index (χ4n) is 3.15. The summed E-state index contributed by atoms with van der Waals surface area (Å²) in [4.78, 5) is 41.1. The van der Waals surface area contributed by atoms with Crippen LogP contribution in [-0.2, 0) is 16.6 Å². The zero-order chi connectivity index (χ0) is 24.5. The first kappa shape index (κ1) is 24.2. The Balaban J connectivity index is 2.08. The molecule has 33 heavy (non-hydrogen) atoms. The van der Waals surface area contributed by atoms with Crippen LogP contribution >= 0.6 is 11.6 Å². The molecule has 1 amide bonds. The van der Waals surface area contributed by atoms with E-state index < -0.39 is 27.2 Å². The normalized spacial score (nSPS) is 11.5. The summed E-state index contributed by atoms with van der Waals surface area (Å²) in [7, 11) is 0.154. The largest absolute Gasteiger partial charge is 0.383 e. The van der Waals surface area contributed by atoms with E-state index >= 15 is 0 Å². The van der Waals surface area contributed by atoms with Crippen LogP contribution in [0, 0.1) is 0 Å². The van der Waals surface area contributed by atoms with Gasteiger partial charge in [0.25, 0.3) is 11.5 Å². The van der Waals surface area contributed by atoms with Crippen LogP contribution in [0.5, 0.6) is 0 Å². The second-order valence-corrected chi connectivity index (χ2v) is 9.92. The number of nitrogens with two attached hydrogens (primary N) is 1. The molecule has 0 fully saturated rings. The van der Waals surface area contributed by atoms with E-state index in [0.717, 1.165) is 25.4 Å². The second kappa shape index (κ2) is 9.22. The van der Waals surface area contributed by atoms with Crippen molar-refractivity contribution in [1.29, 1.82) is 0 Å². The predicted molar refractivity (Wildman–Crippen MR) is 126 cm³/mol. The van der Waals surface area contributed by atoms with Crippen LogP contribution in [-0.4, -0.2) is 49.3 Å². The summed E-state index contributed by atoms with van der Waals surface area (Å²) in [5.41, 5.74) is 4.87. The number of hydrogen-bond acceptors (Lipinski definition) is 6. The van der Waals surface area contributed by atoms with Crippen molar-refractivity contribution in [2.24, 2.45) is 0 Å². The number of carbonyl (C=O) groups is 1. The number of aromatic amines is 1. The van der Waals surface area contributed by atoms with Crippen molar-refractivity contribution >= 4 is 39.0 Å². The third kappa shape index (κ3) is 4.70. The average Bonchev–Trinajstić information content (AvgIpc) is 2.76. The third-order valence-electron chi connectivity index (χ3n) is 4.98. The highest BCUT2D eigenvalue weighted by atomic mass is 35.5. The summed E-state index contributed by atoms with van der Waals surface area (Å²) in [6.07, 6.45) is 0. The number of benzene rings is 2. The first-order valence-electron chi connectivity index (χ1n) is 9.61. The fraction of sp³-hybridized carbons (Fsp3) is 0.190. The van der Waals surface area contributed by atoms with Gasteiger partial charge in [-0.25, -0.2) is 17.5 Å². The van der Waals surface area contributed by atoms with Crippen LogP contribution in [0.15, 0.2) is 63.0 Å². The number of anilines is 2. The molecule has 0 unspecified atom stereocenters. The highest BCUT2D eigenvalue weighted by Crippen LogP contribution is 2.25. The maximum atomic E-state index is 13.2. The zero-order valence-corrected chi connectivity index (χ0v) is 19.6. The Kier molecular flexibility index (Phi) is 6.77. The number of amides is 1. The van der Waals surface area contributed by atoms with Crippen molar-refractivity contribution in [1.82, 2.24) is 13.9 Å². The lowest BCUT2D eigenvalue weighted by molar-refractivity contribution is 0.0992. The number of H-pyrrole nitrogens is 1. The zero-order valence-electron chi connectivity index (χ0n) is 18.1. The molecular weight excluding hydrogens is 470 g/mol. The van der Waals surface area contributed by atoms with E-state index in [4.69, 9.17) is 17.3 Å². The number of rotatable bonds is 6. The number of nitrogen functional groups attached to an aromatic ring is 1. The van der Waals surface area contributed by atoms with Crippen molar-refractivity contribution in [2.45, 2.75) is 11.4 Å². The number of halogens is 1. The van der Waals surface area contributed by atoms with Gasteiger partial charge < -0.3 is 10.6 Å². The Morgan fingerprint density at radius 2 is 1.73 bits per heavy atom. The first-order chi connectivity index (χ1) is 15.4. The predicted octanol–water partition coefficient (Wildman–Crippen LogP) is 1.35. The molecule has 0 saturated carbocycles. The molecule has 2 aromatic carbocycles. The van der Waals surface area contributed by atoms with Crippen LogP contribution in [0.1, 0.15) is 15.9 Å². The van der Waals surface area contributed by atoms with Crippen molar-refractivity contribution in [3.63, 3.8) is 0 Å². The van der Waals surface area contributed by atoms with Crippen molar-refractivity contribution in [2.75, 3.05) is 31.8 Å². The number of aromatic nitrogens is 2. The fourth-order valence-corrected chi connectivity index (χ4v) is 4.27. The van der Waals surface area contributed by atoms with Crippen LogP contribution in [0.25, 0.3) is 0 Å². The van der Waals surface area contributed by atoms with Crippen molar-refractivity contribution < 1.29 is 13.2 Å². The van der Waals surface area contributed by atoms with Gasteiger partial charge in [0.2, 0.25) is 10.0 Å². The highest BCUT2D eigenvalue weighted by Gasteiger charge is 2.26. The van der Waals surface area contributed by atoms with Gasteiger partial charge in [-0.1, -0.05) is 41.9 Å². The average molecular weight is 492 g/mol. The van der Waals surface area contributed by atoms with E-state index in [1.807, 2.05) is 6.07 Å². The van der Waals surface area contributed by atoms with Crippen LogP contribution < -0.4 is 21.9 Å². The lowest BCUT2D eigenvalue weighted by Crippen LogP contribution is -2.39. The lowest BCUT2D eigenvalue weighted by atomic mass is 10.2. The van der Waals surface area contributed by atoms with Gasteiger partial charge in [-0.05, 0) is 23.8 Å². The molecule has 0 aliphatic rings. The molecule has 0 aliphatic carbocycles. The van der Waals surface area contributed by atoms with E-state index in [2.05, 4.69) is 4.98 Å². The summed E-state index contributed by atoms with van der Waals surface area (Å²) in [6, 6.07) is 12.6.